The topological polar surface area (TPSA) is 17.1 Å². The molecule has 0 saturated heterocycles. The van der Waals surface area contributed by atoms with Crippen molar-refractivity contribution in [3.63, 3.8) is 0 Å². The van der Waals surface area contributed by atoms with Crippen LogP contribution in [-0.4, -0.2) is 10.9 Å². The van der Waals surface area contributed by atoms with Crippen molar-refractivity contribution in [2.24, 2.45) is 0 Å². The zero-order valence-corrected chi connectivity index (χ0v) is 13.7. The summed E-state index contributed by atoms with van der Waals surface area (Å²) < 4.78 is 0. The van der Waals surface area contributed by atoms with Gasteiger partial charge in [-0.05, 0) is 30.7 Å². The van der Waals surface area contributed by atoms with Crippen LogP contribution in [0.1, 0.15) is 63.2 Å². The van der Waals surface area contributed by atoms with Gasteiger partial charge < -0.3 is 0 Å². The molecule has 0 amide bonds. The molecule has 0 unspecified atom stereocenters. The van der Waals surface area contributed by atoms with Crippen LogP contribution in [0.25, 0.3) is 0 Å². The van der Waals surface area contributed by atoms with Gasteiger partial charge in [-0.3, -0.25) is 4.79 Å². The van der Waals surface area contributed by atoms with Crippen molar-refractivity contribution >= 4 is 28.2 Å². The van der Waals surface area contributed by atoms with E-state index >= 15 is 0 Å². The average molecular weight is 299 g/mol. The number of hydrogen-bond acceptors (Lipinski definition) is 3. The first-order valence-electron chi connectivity index (χ1n) is 7.45. The third-order valence-electron chi connectivity index (χ3n) is 3.20. The number of rotatable bonds is 11. The molecule has 0 radical (unpaired) electrons. The van der Waals surface area contributed by atoms with E-state index in [0.717, 1.165) is 5.75 Å². The monoisotopic (exact) mass is 298 g/mol. The SMILES string of the molecule is CC(=O)SCCCCCCCCCCc1cccs1. The Hall–Kier alpha value is -0.280. The van der Waals surface area contributed by atoms with Crippen molar-refractivity contribution in [1.82, 2.24) is 0 Å². The van der Waals surface area contributed by atoms with Crippen LogP contribution in [0.3, 0.4) is 0 Å². The molecule has 0 N–H and O–H groups in total. The Kier molecular flexibility index (Phi) is 10.2. The summed E-state index contributed by atoms with van der Waals surface area (Å²) in [5, 5.41) is 2.42. The number of hydrogen-bond donors (Lipinski definition) is 0. The van der Waals surface area contributed by atoms with E-state index in [0.29, 0.717) is 0 Å². The van der Waals surface area contributed by atoms with Gasteiger partial charge in [0, 0.05) is 17.6 Å². The summed E-state index contributed by atoms with van der Waals surface area (Å²) in [4.78, 5) is 12.3. The molecule has 0 aliphatic carbocycles. The maximum atomic E-state index is 10.7. The standard InChI is InChI=1S/C16H26OS2/c1-15(17)18-13-9-7-5-3-2-4-6-8-11-16-12-10-14-19-16/h10,12,14H,2-9,11,13H2,1H3. The number of carbonyl (C=O) groups is 1. The lowest BCUT2D eigenvalue weighted by atomic mass is 10.1. The second-order valence-corrected chi connectivity index (χ2v) is 7.30. The number of aryl methyl sites for hydroxylation is 1. The molecule has 0 atom stereocenters. The molecule has 108 valence electrons. The molecule has 1 aromatic heterocycles. The largest absolute Gasteiger partial charge is 0.288 e. The molecule has 1 nitrogen and oxygen atoms in total. The Morgan fingerprint density at radius 2 is 1.68 bits per heavy atom. The number of carbonyl (C=O) groups excluding carboxylic acids is 1. The lowest BCUT2D eigenvalue weighted by molar-refractivity contribution is -0.109. The average Bonchev–Trinajstić information content (AvgIpc) is 2.88. The predicted molar refractivity (Wildman–Crippen MR) is 88.1 cm³/mol. The van der Waals surface area contributed by atoms with Crippen LogP contribution in [0.5, 0.6) is 0 Å². The van der Waals surface area contributed by atoms with Crippen LogP contribution in [-0.2, 0) is 11.2 Å². The summed E-state index contributed by atoms with van der Waals surface area (Å²) in [6, 6.07) is 4.38. The molecular formula is C16H26OS2. The number of thioether (sulfide) groups is 1. The van der Waals surface area contributed by atoms with E-state index in [1.54, 1.807) is 6.92 Å². The Labute approximate surface area is 126 Å². The van der Waals surface area contributed by atoms with Gasteiger partial charge >= 0.3 is 0 Å². The summed E-state index contributed by atoms with van der Waals surface area (Å²) in [7, 11) is 0. The summed E-state index contributed by atoms with van der Waals surface area (Å²) in [5.41, 5.74) is 0. The first-order chi connectivity index (χ1) is 9.29. The quantitative estimate of drug-likeness (QED) is 0.488. The Bertz CT molecular complexity index is 319. The minimum atomic E-state index is 0.255. The Morgan fingerprint density at radius 3 is 2.26 bits per heavy atom. The van der Waals surface area contributed by atoms with E-state index in [1.807, 2.05) is 11.3 Å². The molecule has 0 spiro atoms. The summed E-state index contributed by atoms with van der Waals surface area (Å²) in [6.07, 6.45) is 11.9. The number of thiophene rings is 1. The molecule has 1 rings (SSSR count). The van der Waals surface area contributed by atoms with Gasteiger partial charge in [-0.25, -0.2) is 0 Å². The fourth-order valence-electron chi connectivity index (χ4n) is 2.13. The lowest BCUT2D eigenvalue weighted by Crippen LogP contribution is -1.87. The van der Waals surface area contributed by atoms with E-state index < -0.39 is 0 Å². The van der Waals surface area contributed by atoms with Crippen LogP contribution in [0.4, 0.5) is 0 Å². The van der Waals surface area contributed by atoms with E-state index in [4.69, 9.17) is 0 Å². The summed E-state index contributed by atoms with van der Waals surface area (Å²) in [6.45, 7) is 1.65. The van der Waals surface area contributed by atoms with Crippen LogP contribution in [0.15, 0.2) is 17.5 Å². The zero-order chi connectivity index (χ0) is 13.8. The normalized spacial score (nSPS) is 10.8. The molecule has 0 aliphatic rings. The van der Waals surface area contributed by atoms with Gasteiger partial charge in [-0.15, -0.1) is 11.3 Å². The maximum Gasteiger partial charge on any atom is 0.185 e. The van der Waals surface area contributed by atoms with Crippen molar-refractivity contribution in [1.29, 1.82) is 0 Å². The molecule has 19 heavy (non-hydrogen) atoms. The smallest absolute Gasteiger partial charge is 0.185 e. The Balaban J connectivity index is 1.75. The van der Waals surface area contributed by atoms with Gasteiger partial charge in [0.15, 0.2) is 5.12 Å². The van der Waals surface area contributed by atoms with Gasteiger partial charge in [-0.1, -0.05) is 56.4 Å². The summed E-state index contributed by atoms with van der Waals surface area (Å²) >= 11 is 3.35. The fourth-order valence-corrected chi connectivity index (χ4v) is 3.52. The minimum absolute atomic E-state index is 0.255. The fraction of sp³-hybridized carbons (Fsp3) is 0.688. The van der Waals surface area contributed by atoms with E-state index in [9.17, 15) is 4.79 Å². The molecule has 0 fully saturated rings. The maximum absolute atomic E-state index is 10.7. The molecule has 0 bridgehead atoms. The molecule has 1 aromatic rings. The van der Waals surface area contributed by atoms with Crippen molar-refractivity contribution in [2.45, 2.75) is 64.7 Å². The van der Waals surface area contributed by atoms with Gasteiger partial charge in [0.05, 0.1) is 0 Å². The predicted octanol–water partition coefficient (Wildman–Crippen LogP) is 5.69. The molecule has 3 heteroatoms. The van der Waals surface area contributed by atoms with Crippen LogP contribution in [0.2, 0.25) is 0 Å². The van der Waals surface area contributed by atoms with Crippen molar-refractivity contribution in [3.8, 4) is 0 Å². The molecule has 1 heterocycles. The van der Waals surface area contributed by atoms with Crippen molar-refractivity contribution in [3.05, 3.63) is 22.4 Å². The zero-order valence-electron chi connectivity index (χ0n) is 12.0. The van der Waals surface area contributed by atoms with E-state index in [1.165, 1.54) is 74.4 Å². The summed E-state index contributed by atoms with van der Waals surface area (Å²) in [5.74, 6) is 1.01. The Morgan fingerprint density at radius 1 is 1.05 bits per heavy atom. The van der Waals surface area contributed by atoms with E-state index in [-0.39, 0.29) is 5.12 Å². The second-order valence-electron chi connectivity index (χ2n) is 5.00. The molecule has 0 aliphatic heterocycles. The van der Waals surface area contributed by atoms with Crippen LogP contribution < -0.4 is 0 Å². The van der Waals surface area contributed by atoms with Crippen LogP contribution >= 0.6 is 23.1 Å². The highest BCUT2D eigenvalue weighted by atomic mass is 32.2. The molecular weight excluding hydrogens is 272 g/mol. The lowest BCUT2D eigenvalue weighted by Gasteiger charge is -2.02. The third kappa shape index (κ3) is 10.2. The van der Waals surface area contributed by atoms with Gasteiger partial charge in [0.2, 0.25) is 0 Å². The highest BCUT2D eigenvalue weighted by Crippen LogP contribution is 2.15. The first-order valence-corrected chi connectivity index (χ1v) is 9.31. The minimum Gasteiger partial charge on any atom is -0.288 e. The van der Waals surface area contributed by atoms with Gasteiger partial charge in [-0.2, -0.15) is 0 Å². The highest BCUT2D eigenvalue weighted by molar-refractivity contribution is 8.13. The highest BCUT2D eigenvalue weighted by Gasteiger charge is 1.96. The molecule has 0 saturated carbocycles. The first kappa shape index (κ1) is 16.8. The van der Waals surface area contributed by atoms with Crippen molar-refractivity contribution in [2.75, 3.05) is 5.75 Å². The number of unbranched alkanes of at least 4 members (excludes halogenated alkanes) is 7. The second kappa shape index (κ2) is 11.5. The van der Waals surface area contributed by atoms with Gasteiger partial charge in [0.1, 0.15) is 0 Å². The van der Waals surface area contributed by atoms with Crippen molar-refractivity contribution < 1.29 is 4.79 Å². The third-order valence-corrected chi connectivity index (χ3v) is 5.04. The van der Waals surface area contributed by atoms with E-state index in [2.05, 4.69) is 17.5 Å². The molecule has 0 aromatic carbocycles. The van der Waals surface area contributed by atoms with Crippen LogP contribution in [0, 0.1) is 0 Å². The van der Waals surface area contributed by atoms with Gasteiger partial charge in [0.25, 0.3) is 0 Å².